The number of carbonyl (C=O) groups excluding carboxylic acids is 3. The summed E-state index contributed by atoms with van der Waals surface area (Å²) in [5, 5.41) is 4.37. The Morgan fingerprint density at radius 3 is 2.15 bits per heavy atom. The molecule has 244 valence electrons. The van der Waals surface area contributed by atoms with Crippen LogP contribution in [0.2, 0.25) is 0 Å². The second kappa shape index (κ2) is 12.6. The number of hydrogen-bond donors (Lipinski definition) is 2. The summed E-state index contributed by atoms with van der Waals surface area (Å²) in [7, 11) is -3.35. The van der Waals surface area contributed by atoms with E-state index in [1.165, 1.54) is 24.3 Å². The molecule has 3 amide bonds. The lowest BCUT2D eigenvalue weighted by molar-refractivity contribution is -0.783. The second-order valence-electron chi connectivity index (χ2n) is 10.3. The van der Waals surface area contributed by atoms with Crippen LogP contribution in [0.15, 0.2) is 83.8 Å². The van der Waals surface area contributed by atoms with Gasteiger partial charge in [-0.1, -0.05) is 42.0 Å². The third-order valence-electron chi connectivity index (χ3n) is 6.88. The Bertz CT molecular complexity index is 1950. The molecule has 0 atom stereocenters. The molecular formula is C29H25F3N7O7S+. The summed E-state index contributed by atoms with van der Waals surface area (Å²) in [6, 6.07) is 18.3. The first-order valence-corrected chi connectivity index (χ1v) is 15.1. The van der Waals surface area contributed by atoms with Gasteiger partial charge in [-0.25, -0.2) is 22.7 Å². The number of aromatic nitrogens is 2. The number of hydrazine groups is 2. The number of aryl methyl sites for hydroxylation is 1. The summed E-state index contributed by atoms with van der Waals surface area (Å²) in [5.41, 5.74) is 2.67. The predicted molar refractivity (Wildman–Crippen MR) is 156 cm³/mol. The predicted octanol–water partition coefficient (Wildman–Crippen LogP) is 2.99. The van der Waals surface area contributed by atoms with E-state index in [2.05, 4.69) is 5.10 Å². The van der Waals surface area contributed by atoms with Crippen molar-refractivity contribution in [3.63, 3.8) is 0 Å². The number of fused-ring (bicyclic) bond motifs is 1. The van der Waals surface area contributed by atoms with Gasteiger partial charge in [0.05, 0.1) is 39.4 Å². The number of amides is 3. The lowest BCUT2D eigenvalue weighted by Gasteiger charge is -2.13. The van der Waals surface area contributed by atoms with Gasteiger partial charge in [0.15, 0.2) is 19.0 Å². The summed E-state index contributed by atoms with van der Waals surface area (Å²) in [5.74, 6) is -2.38. The van der Waals surface area contributed by atoms with Gasteiger partial charge in [0.2, 0.25) is 0 Å². The zero-order valence-corrected chi connectivity index (χ0v) is 25.4. The van der Waals surface area contributed by atoms with Crippen molar-refractivity contribution in [1.29, 1.82) is 0 Å². The van der Waals surface area contributed by atoms with Crippen LogP contribution in [-0.4, -0.2) is 71.1 Å². The van der Waals surface area contributed by atoms with Crippen molar-refractivity contribution in [3.8, 4) is 16.9 Å². The molecule has 0 spiro atoms. The summed E-state index contributed by atoms with van der Waals surface area (Å²) in [4.78, 5) is 54.7. The molecule has 3 aromatic carbocycles. The molecule has 0 saturated carbocycles. The minimum Gasteiger partial charge on any atom is -0.272 e. The van der Waals surface area contributed by atoms with E-state index >= 15 is 0 Å². The molecular weight excluding hydrogens is 647 g/mol. The van der Waals surface area contributed by atoms with Crippen LogP contribution in [0.4, 0.5) is 13.2 Å². The number of alkyl halides is 3. The van der Waals surface area contributed by atoms with E-state index in [9.17, 15) is 40.9 Å². The number of likely N-dealkylation sites (N-methyl/N-ethyl adjacent to an activating group) is 1. The lowest BCUT2D eigenvalue weighted by atomic mass is 10.1. The van der Waals surface area contributed by atoms with Crippen LogP contribution in [0, 0.1) is 11.8 Å². The van der Waals surface area contributed by atoms with Crippen molar-refractivity contribution in [2.24, 2.45) is 0 Å². The van der Waals surface area contributed by atoms with Crippen molar-refractivity contribution in [2.75, 3.05) is 20.3 Å². The largest absolute Gasteiger partial charge is 0.435 e. The zero-order chi connectivity index (χ0) is 34.1. The SMILES string of the molecule is Cc1ccc(-c2cc(C(F)(F)F)nn2-c2ccc(S(=O)(=O)NC(=O)CN(C)[N+](=O)NOCN3C(=O)c4ccccc4C3=O)cc2)cc1. The number of rotatable bonds is 11. The molecule has 0 fully saturated rings. The molecule has 0 aliphatic carbocycles. The van der Waals surface area contributed by atoms with E-state index in [0.29, 0.717) is 10.6 Å². The van der Waals surface area contributed by atoms with Crippen molar-refractivity contribution >= 4 is 27.7 Å². The van der Waals surface area contributed by atoms with E-state index in [-0.39, 0.29) is 27.5 Å². The lowest BCUT2D eigenvalue weighted by Crippen LogP contribution is -2.47. The quantitative estimate of drug-likeness (QED) is 0.138. The third kappa shape index (κ3) is 6.97. The van der Waals surface area contributed by atoms with Crippen LogP contribution in [0.1, 0.15) is 32.0 Å². The summed E-state index contributed by atoms with van der Waals surface area (Å²) in [6.07, 6.45) is -4.73. The fraction of sp³-hybridized carbons (Fsp3) is 0.172. The molecule has 14 nitrogen and oxygen atoms in total. The molecule has 5 rings (SSSR count). The normalized spacial score (nSPS) is 13.0. The molecule has 18 heteroatoms. The Kier molecular flexibility index (Phi) is 8.81. The van der Waals surface area contributed by atoms with Crippen molar-refractivity contribution < 1.29 is 45.8 Å². The standard InChI is InChI=1S/C29H24F3N7O7S/c1-18-7-9-19(10-8-18)24-15-25(29(30,31)32)33-38(24)20-11-13-21(14-12-20)47(44,45)34-26(40)16-36(2)39(43)35-46-17-37-27(41)22-5-3-4-6-23(22)28(37)42/h3-15H,16-17H2,1-2H3,(H-,34,35,40,43)/p+1. The number of nitroso groups, excluding NO2 is 1. The van der Waals surface area contributed by atoms with Crippen LogP contribution in [-0.2, 0) is 25.8 Å². The van der Waals surface area contributed by atoms with Crippen LogP contribution in [0.25, 0.3) is 16.9 Å². The van der Waals surface area contributed by atoms with Gasteiger partial charge in [0, 0.05) is 11.2 Å². The maximum Gasteiger partial charge on any atom is 0.435 e. The summed E-state index contributed by atoms with van der Waals surface area (Å²) in [6.45, 7) is 0.403. The summed E-state index contributed by atoms with van der Waals surface area (Å²) >= 11 is 0. The topological polar surface area (TPSA) is 163 Å². The van der Waals surface area contributed by atoms with Gasteiger partial charge in [-0.2, -0.15) is 23.1 Å². The van der Waals surface area contributed by atoms with Gasteiger partial charge >= 0.3 is 6.18 Å². The maximum absolute atomic E-state index is 13.5. The third-order valence-corrected chi connectivity index (χ3v) is 8.27. The van der Waals surface area contributed by atoms with Crippen molar-refractivity contribution in [1.82, 2.24) is 30.0 Å². The maximum atomic E-state index is 13.5. The first-order chi connectivity index (χ1) is 22.2. The van der Waals surface area contributed by atoms with E-state index in [0.717, 1.165) is 40.4 Å². The molecule has 2 heterocycles. The van der Waals surface area contributed by atoms with E-state index in [1.54, 1.807) is 41.1 Å². The van der Waals surface area contributed by atoms with Crippen LogP contribution in [0.3, 0.4) is 0 Å². The molecule has 0 bridgehead atoms. The molecule has 1 aliphatic rings. The molecule has 0 radical (unpaired) electrons. The number of nitrogens with one attached hydrogen (secondary N) is 2. The molecule has 1 aromatic heterocycles. The van der Waals surface area contributed by atoms with Crippen LogP contribution in [0.5, 0.6) is 0 Å². The Morgan fingerprint density at radius 1 is 0.979 bits per heavy atom. The molecule has 1 aliphatic heterocycles. The van der Waals surface area contributed by atoms with Gasteiger partial charge < -0.3 is 0 Å². The average Bonchev–Trinajstić information content (AvgIpc) is 3.58. The smallest absolute Gasteiger partial charge is 0.272 e. The first-order valence-electron chi connectivity index (χ1n) is 13.6. The fourth-order valence-electron chi connectivity index (χ4n) is 4.50. The Balaban J connectivity index is 1.19. The minimum atomic E-state index is -4.73. The van der Waals surface area contributed by atoms with Gasteiger partial charge in [-0.05, 0) is 49.4 Å². The highest BCUT2D eigenvalue weighted by atomic mass is 32.2. The number of hydrogen-bond acceptors (Lipinski definition) is 8. The molecule has 4 aromatic rings. The number of benzene rings is 3. The van der Waals surface area contributed by atoms with Crippen molar-refractivity contribution in [2.45, 2.75) is 18.0 Å². The van der Waals surface area contributed by atoms with Gasteiger partial charge in [0.1, 0.15) is 0 Å². The number of imide groups is 1. The van der Waals surface area contributed by atoms with Crippen molar-refractivity contribution in [3.05, 3.63) is 106 Å². The number of carbonyl (C=O) groups is 3. The molecule has 0 unspecified atom stereocenters. The second-order valence-corrected chi connectivity index (χ2v) is 11.9. The molecule has 0 saturated heterocycles. The van der Waals surface area contributed by atoms with Gasteiger partial charge in [0.25, 0.3) is 32.7 Å². The molecule has 2 N–H and O–H groups in total. The van der Waals surface area contributed by atoms with Gasteiger partial charge in [-0.3, -0.25) is 14.4 Å². The van der Waals surface area contributed by atoms with E-state index in [1.807, 2.05) is 12.5 Å². The number of halogens is 3. The fourth-order valence-corrected chi connectivity index (χ4v) is 5.48. The van der Waals surface area contributed by atoms with E-state index < -0.39 is 57.8 Å². The zero-order valence-electron chi connectivity index (χ0n) is 24.6. The highest BCUT2D eigenvalue weighted by Crippen LogP contribution is 2.33. The minimum absolute atomic E-state index is 0.0654. The number of sulfonamides is 1. The van der Waals surface area contributed by atoms with E-state index in [4.69, 9.17) is 4.84 Å². The Labute approximate surface area is 264 Å². The first kappa shape index (κ1) is 32.8. The molecule has 47 heavy (non-hydrogen) atoms. The van der Waals surface area contributed by atoms with Gasteiger partial charge in [-0.15, -0.1) is 5.01 Å². The monoisotopic (exact) mass is 672 g/mol. The Hall–Kier alpha value is -5.62. The summed E-state index contributed by atoms with van der Waals surface area (Å²) < 4.78 is 69.0. The Morgan fingerprint density at radius 2 is 1.57 bits per heavy atom. The van der Waals surface area contributed by atoms with Crippen LogP contribution >= 0.6 is 0 Å². The highest BCUT2D eigenvalue weighted by molar-refractivity contribution is 7.90. The highest BCUT2D eigenvalue weighted by Gasteiger charge is 2.37. The van der Waals surface area contributed by atoms with Crippen LogP contribution < -0.4 is 10.3 Å². The average molecular weight is 673 g/mol. The number of nitrogens with zero attached hydrogens (tertiary/aromatic N) is 5.